The Hall–Kier alpha value is -0.900. The van der Waals surface area contributed by atoms with Crippen molar-refractivity contribution in [3.63, 3.8) is 0 Å². The van der Waals surface area contributed by atoms with Gasteiger partial charge in [-0.05, 0) is 16.8 Å². The lowest BCUT2D eigenvalue weighted by molar-refractivity contribution is -0.196. The molecule has 0 bridgehead atoms. The minimum Gasteiger partial charge on any atom is -0.349 e. The molecule has 2 aromatic rings. The molecule has 0 unspecified atom stereocenters. The molecule has 0 heterocycles. The Balaban J connectivity index is 2.55. The van der Waals surface area contributed by atoms with Crippen LogP contribution in [0.15, 0.2) is 42.5 Å². The maximum absolute atomic E-state index is 5.50. The molecule has 3 heteroatoms. The molecule has 0 N–H and O–H groups in total. The number of benzene rings is 2. The number of fused-ring (bicyclic) bond motifs is 1. The summed E-state index contributed by atoms with van der Waals surface area (Å²) in [7, 11) is 3.31. The summed E-state index contributed by atoms with van der Waals surface area (Å²) in [6.45, 7) is 0. The molecular weight excluding hydrogens is 280 g/mol. The predicted octanol–water partition coefficient (Wildman–Crippen LogP) is 3.68. The molecule has 17 heavy (non-hydrogen) atoms. The van der Waals surface area contributed by atoms with Crippen molar-refractivity contribution in [3.8, 4) is 0 Å². The summed E-state index contributed by atoms with van der Waals surface area (Å²) in [5.41, 5.74) is 1.01. The number of rotatable bonds is 4. The molecule has 90 valence electrons. The van der Waals surface area contributed by atoms with Gasteiger partial charge in [-0.25, -0.2) is 0 Å². The van der Waals surface area contributed by atoms with Crippen molar-refractivity contribution in [2.45, 2.75) is 5.79 Å². The molecule has 0 amide bonds. The van der Waals surface area contributed by atoms with E-state index >= 15 is 0 Å². The second-order valence-corrected chi connectivity index (χ2v) is 4.42. The van der Waals surface area contributed by atoms with E-state index in [9.17, 15) is 0 Å². The molecule has 2 rings (SSSR count). The lowest BCUT2D eigenvalue weighted by atomic mass is 10.0. The molecule has 0 aromatic heterocycles. The summed E-state index contributed by atoms with van der Waals surface area (Å²) < 4.78 is 11.0. The van der Waals surface area contributed by atoms with Crippen LogP contribution in [0.4, 0.5) is 0 Å². The highest BCUT2D eigenvalue weighted by Crippen LogP contribution is 2.30. The molecule has 2 nitrogen and oxygen atoms in total. The Labute approximate surface area is 110 Å². The summed E-state index contributed by atoms with van der Waals surface area (Å²) in [5, 5.41) is 2.99. The summed E-state index contributed by atoms with van der Waals surface area (Å²) in [4.78, 5) is 0. The lowest BCUT2D eigenvalue weighted by Crippen LogP contribution is -2.32. The molecule has 0 saturated carbocycles. The standard InChI is InChI=1S/C14H15BrO2/c1-16-14(10-15,17-2)13-8-7-11-5-3-4-6-12(11)9-13/h3-9H,10H2,1-2H3. The molecule has 0 saturated heterocycles. The van der Waals surface area contributed by atoms with E-state index in [1.54, 1.807) is 14.2 Å². The summed E-state index contributed by atoms with van der Waals surface area (Å²) in [6.07, 6.45) is 0. The fraction of sp³-hybridized carbons (Fsp3) is 0.286. The van der Waals surface area contributed by atoms with E-state index in [1.165, 1.54) is 10.8 Å². The number of hydrogen-bond acceptors (Lipinski definition) is 2. The van der Waals surface area contributed by atoms with E-state index in [0.717, 1.165) is 5.56 Å². The van der Waals surface area contributed by atoms with Crippen LogP contribution < -0.4 is 0 Å². The molecule has 0 aliphatic rings. The largest absolute Gasteiger partial charge is 0.349 e. The lowest BCUT2D eigenvalue weighted by Gasteiger charge is -2.29. The number of hydrogen-bond donors (Lipinski definition) is 0. The Morgan fingerprint density at radius 1 is 1.00 bits per heavy atom. The molecular formula is C14H15BrO2. The third kappa shape index (κ3) is 2.23. The highest BCUT2D eigenvalue weighted by atomic mass is 79.9. The Kier molecular flexibility index (Phi) is 3.82. The molecule has 2 aromatic carbocycles. The van der Waals surface area contributed by atoms with Gasteiger partial charge in [0.25, 0.3) is 0 Å². The van der Waals surface area contributed by atoms with Crippen molar-refractivity contribution in [3.05, 3.63) is 48.0 Å². The van der Waals surface area contributed by atoms with E-state index in [4.69, 9.17) is 9.47 Å². The van der Waals surface area contributed by atoms with Gasteiger partial charge in [-0.3, -0.25) is 0 Å². The highest BCUT2D eigenvalue weighted by molar-refractivity contribution is 9.09. The summed E-state index contributed by atoms with van der Waals surface area (Å²) in [6, 6.07) is 14.5. The van der Waals surface area contributed by atoms with Crippen LogP contribution in [0.2, 0.25) is 0 Å². The van der Waals surface area contributed by atoms with Crippen molar-refractivity contribution >= 4 is 26.7 Å². The first-order chi connectivity index (χ1) is 8.25. The van der Waals surface area contributed by atoms with Crippen LogP contribution in [0.1, 0.15) is 5.56 Å². The van der Waals surface area contributed by atoms with E-state index < -0.39 is 5.79 Å². The SMILES string of the molecule is COC(CBr)(OC)c1ccc2ccccc2c1. The van der Waals surface area contributed by atoms with Gasteiger partial charge < -0.3 is 9.47 Å². The molecule has 0 aliphatic heterocycles. The number of alkyl halides is 1. The third-order valence-corrected chi connectivity index (χ3v) is 3.76. The predicted molar refractivity (Wildman–Crippen MR) is 73.4 cm³/mol. The van der Waals surface area contributed by atoms with Crippen LogP contribution in [0.25, 0.3) is 10.8 Å². The Morgan fingerprint density at radius 2 is 1.65 bits per heavy atom. The van der Waals surface area contributed by atoms with Gasteiger partial charge in [0.15, 0.2) is 0 Å². The number of halogens is 1. The van der Waals surface area contributed by atoms with Crippen molar-refractivity contribution < 1.29 is 9.47 Å². The van der Waals surface area contributed by atoms with E-state index in [1.807, 2.05) is 18.2 Å². The maximum Gasteiger partial charge on any atom is 0.204 e. The van der Waals surface area contributed by atoms with Crippen LogP contribution in [0.5, 0.6) is 0 Å². The first kappa shape index (κ1) is 12.6. The molecule has 0 aliphatic carbocycles. The monoisotopic (exact) mass is 294 g/mol. The average molecular weight is 295 g/mol. The van der Waals surface area contributed by atoms with Gasteiger partial charge >= 0.3 is 0 Å². The van der Waals surface area contributed by atoms with Crippen LogP contribution >= 0.6 is 15.9 Å². The third-order valence-electron chi connectivity index (χ3n) is 3.02. The van der Waals surface area contributed by atoms with Gasteiger partial charge in [0.2, 0.25) is 5.79 Å². The van der Waals surface area contributed by atoms with E-state index in [0.29, 0.717) is 5.33 Å². The number of ether oxygens (including phenoxy) is 2. The molecule has 0 atom stereocenters. The Morgan fingerprint density at radius 3 is 2.24 bits per heavy atom. The second kappa shape index (κ2) is 5.17. The highest BCUT2D eigenvalue weighted by Gasteiger charge is 2.30. The zero-order valence-corrected chi connectivity index (χ0v) is 11.5. The smallest absolute Gasteiger partial charge is 0.204 e. The first-order valence-electron chi connectivity index (χ1n) is 5.41. The van der Waals surface area contributed by atoms with Crippen molar-refractivity contribution in [2.24, 2.45) is 0 Å². The van der Waals surface area contributed by atoms with Gasteiger partial charge in [-0.2, -0.15) is 0 Å². The fourth-order valence-electron chi connectivity index (χ4n) is 1.93. The van der Waals surface area contributed by atoms with Gasteiger partial charge in [-0.1, -0.05) is 52.3 Å². The zero-order valence-electron chi connectivity index (χ0n) is 9.94. The van der Waals surface area contributed by atoms with Crippen LogP contribution in [-0.2, 0) is 15.3 Å². The Bertz CT molecular complexity index is 498. The van der Waals surface area contributed by atoms with Crippen LogP contribution in [0, 0.1) is 0 Å². The van der Waals surface area contributed by atoms with Gasteiger partial charge in [0.1, 0.15) is 0 Å². The maximum atomic E-state index is 5.50. The van der Waals surface area contributed by atoms with Crippen molar-refractivity contribution in [2.75, 3.05) is 19.5 Å². The molecule has 0 fully saturated rings. The first-order valence-corrected chi connectivity index (χ1v) is 6.53. The minimum absolute atomic E-state index is 0.589. The quantitative estimate of drug-likeness (QED) is 0.633. The van der Waals surface area contributed by atoms with Crippen molar-refractivity contribution in [1.29, 1.82) is 0 Å². The topological polar surface area (TPSA) is 18.5 Å². The van der Waals surface area contributed by atoms with Crippen LogP contribution in [-0.4, -0.2) is 19.5 Å². The van der Waals surface area contributed by atoms with Gasteiger partial charge in [-0.15, -0.1) is 0 Å². The van der Waals surface area contributed by atoms with Crippen LogP contribution in [0.3, 0.4) is 0 Å². The molecule has 0 radical (unpaired) electrons. The van der Waals surface area contributed by atoms with E-state index in [-0.39, 0.29) is 0 Å². The summed E-state index contributed by atoms with van der Waals surface area (Å²) in [5.74, 6) is -0.718. The molecule has 0 spiro atoms. The van der Waals surface area contributed by atoms with Gasteiger partial charge in [0.05, 0.1) is 5.33 Å². The number of methoxy groups -OCH3 is 2. The van der Waals surface area contributed by atoms with Gasteiger partial charge in [0, 0.05) is 19.8 Å². The normalized spacial score (nSPS) is 11.9. The fourth-order valence-corrected chi connectivity index (χ4v) is 2.71. The van der Waals surface area contributed by atoms with E-state index in [2.05, 4.69) is 40.2 Å². The average Bonchev–Trinajstić information content (AvgIpc) is 2.41. The van der Waals surface area contributed by atoms with Crippen molar-refractivity contribution in [1.82, 2.24) is 0 Å². The zero-order chi connectivity index (χ0) is 12.3. The summed E-state index contributed by atoms with van der Waals surface area (Å²) >= 11 is 3.44. The second-order valence-electron chi connectivity index (χ2n) is 3.86. The minimum atomic E-state index is -0.718.